The molecule has 0 radical (unpaired) electrons. The van der Waals surface area contributed by atoms with Gasteiger partial charge in [-0.25, -0.2) is 9.48 Å². The van der Waals surface area contributed by atoms with E-state index in [-0.39, 0.29) is 11.6 Å². The summed E-state index contributed by atoms with van der Waals surface area (Å²) in [4.78, 5) is 22.3. The fraction of sp³-hybridized carbons (Fsp3) is 0.600. The molecule has 0 aliphatic carbocycles. The van der Waals surface area contributed by atoms with Gasteiger partial charge in [-0.15, -0.1) is 5.10 Å². The Kier molecular flexibility index (Phi) is 5.25. The third-order valence-corrected chi connectivity index (χ3v) is 2.33. The number of nitrogens with zero attached hydrogens (tertiary/aromatic N) is 3. The van der Waals surface area contributed by atoms with Gasteiger partial charge in [-0.3, -0.25) is 4.79 Å². The average molecular weight is 256 g/mol. The van der Waals surface area contributed by atoms with Crippen LogP contribution in [0, 0.1) is 0 Å². The van der Waals surface area contributed by atoms with E-state index in [0.29, 0.717) is 19.6 Å². The zero-order valence-corrected chi connectivity index (χ0v) is 10.3. The third kappa shape index (κ3) is 3.81. The summed E-state index contributed by atoms with van der Waals surface area (Å²) in [5.41, 5.74) is -0.186. The molecule has 1 amide bonds. The van der Waals surface area contributed by atoms with Gasteiger partial charge >= 0.3 is 5.97 Å². The molecule has 0 fully saturated rings. The Morgan fingerprint density at radius 1 is 1.61 bits per heavy atom. The summed E-state index contributed by atoms with van der Waals surface area (Å²) in [5.74, 6) is -1.41. The molecule has 100 valence electrons. The van der Waals surface area contributed by atoms with E-state index in [4.69, 9.17) is 9.84 Å². The predicted octanol–water partition coefficient (Wildman–Crippen LogP) is -0.310. The smallest absolute Gasteiger partial charge is 0.358 e. The maximum absolute atomic E-state index is 11.7. The number of carboxylic acid groups (broad SMARTS) is 1. The van der Waals surface area contributed by atoms with Gasteiger partial charge in [0.1, 0.15) is 6.04 Å². The van der Waals surface area contributed by atoms with Gasteiger partial charge in [0.2, 0.25) is 5.91 Å². The zero-order chi connectivity index (χ0) is 13.5. The normalized spacial score (nSPS) is 12.1. The van der Waals surface area contributed by atoms with Crippen LogP contribution in [-0.2, 0) is 9.53 Å². The maximum atomic E-state index is 11.7. The molecule has 1 atom stereocenters. The highest BCUT2D eigenvalue weighted by molar-refractivity contribution is 5.85. The van der Waals surface area contributed by atoms with E-state index in [9.17, 15) is 9.59 Å². The second-order valence-corrected chi connectivity index (χ2v) is 3.70. The van der Waals surface area contributed by atoms with Crippen LogP contribution in [-0.4, -0.2) is 52.2 Å². The van der Waals surface area contributed by atoms with Crippen molar-refractivity contribution in [3.8, 4) is 0 Å². The minimum absolute atomic E-state index is 0.186. The molecule has 1 unspecified atom stereocenters. The summed E-state index contributed by atoms with van der Waals surface area (Å²) in [6, 6.07) is -0.604. The molecule has 8 nitrogen and oxygen atoms in total. The van der Waals surface area contributed by atoms with Crippen molar-refractivity contribution in [2.24, 2.45) is 0 Å². The number of carbonyl (C=O) groups excluding carboxylic acids is 1. The summed E-state index contributed by atoms with van der Waals surface area (Å²) in [6.07, 6.45) is 1.94. The van der Waals surface area contributed by atoms with Crippen LogP contribution in [0.2, 0.25) is 0 Å². The van der Waals surface area contributed by atoms with Gasteiger partial charge in [0.15, 0.2) is 5.69 Å². The number of amides is 1. The van der Waals surface area contributed by atoms with Crippen LogP contribution in [0.1, 0.15) is 29.9 Å². The first-order valence-electron chi connectivity index (χ1n) is 5.48. The Labute approximate surface area is 104 Å². The van der Waals surface area contributed by atoms with Gasteiger partial charge in [0.25, 0.3) is 0 Å². The SMILES string of the molecule is COCCCNC(=O)C(C)n1cc(C(=O)O)nn1. The van der Waals surface area contributed by atoms with Gasteiger partial charge in [-0.1, -0.05) is 5.21 Å². The molecule has 18 heavy (non-hydrogen) atoms. The highest BCUT2D eigenvalue weighted by atomic mass is 16.5. The first kappa shape index (κ1) is 14.1. The second-order valence-electron chi connectivity index (χ2n) is 3.70. The molecule has 1 rings (SSSR count). The number of carbonyl (C=O) groups is 2. The molecule has 0 saturated heterocycles. The van der Waals surface area contributed by atoms with Crippen LogP contribution >= 0.6 is 0 Å². The summed E-state index contributed by atoms with van der Waals surface area (Å²) in [6.45, 7) is 2.69. The Morgan fingerprint density at radius 2 is 2.33 bits per heavy atom. The Bertz CT molecular complexity index is 418. The van der Waals surface area contributed by atoms with Crippen molar-refractivity contribution in [1.82, 2.24) is 20.3 Å². The third-order valence-electron chi connectivity index (χ3n) is 2.33. The second kappa shape index (κ2) is 6.70. The predicted molar refractivity (Wildman–Crippen MR) is 61.2 cm³/mol. The molecule has 0 aliphatic heterocycles. The van der Waals surface area contributed by atoms with E-state index in [1.807, 2.05) is 0 Å². The molecule has 0 aromatic carbocycles. The monoisotopic (exact) mass is 256 g/mol. The van der Waals surface area contributed by atoms with Crippen molar-refractivity contribution >= 4 is 11.9 Å². The minimum Gasteiger partial charge on any atom is -0.476 e. The fourth-order valence-corrected chi connectivity index (χ4v) is 1.26. The number of methoxy groups -OCH3 is 1. The van der Waals surface area contributed by atoms with Gasteiger partial charge < -0.3 is 15.2 Å². The molecule has 1 aromatic rings. The van der Waals surface area contributed by atoms with Crippen molar-refractivity contribution in [1.29, 1.82) is 0 Å². The molecule has 2 N–H and O–H groups in total. The fourth-order valence-electron chi connectivity index (χ4n) is 1.26. The summed E-state index contributed by atoms with van der Waals surface area (Å²) < 4.78 is 6.07. The maximum Gasteiger partial charge on any atom is 0.358 e. The first-order chi connectivity index (χ1) is 8.56. The average Bonchev–Trinajstić information content (AvgIpc) is 2.83. The number of hydrogen-bond acceptors (Lipinski definition) is 5. The number of rotatable bonds is 7. The van der Waals surface area contributed by atoms with Crippen molar-refractivity contribution in [2.45, 2.75) is 19.4 Å². The Hall–Kier alpha value is -1.96. The molecule has 1 heterocycles. The van der Waals surface area contributed by atoms with Crippen LogP contribution in [0.4, 0.5) is 0 Å². The van der Waals surface area contributed by atoms with Gasteiger partial charge in [-0.05, 0) is 13.3 Å². The lowest BCUT2D eigenvalue weighted by molar-refractivity contribution is -0.124. The lowest BCUT2D eigenvalue weighted by atomic mass is 10.3. The quantitative estimate of drug-likeness (QED) is 0.648. The number of carboxylic acids is 1. The van der Waals surface area contributed by atoms with Crippen LogP contribution in [0.5, 0.6) is 0 Å². The van der Waals surface area contributed by atoms with Crippen molar-refractivity contribution < 1.29 is 19.4 Å². The summed E-state index contributed by atoms with van der Waals surface area (Å²) in [7, 11) is 1.59. The largest absolute Gasteiger partial charge is 0.476 e. The van der Waals surface area contributed by atoms with E-state index < -0.39 is 12.0 Å². The summed E-state index contributed by atoms with van der Waals surface area (Å²) >= 11 is 0. The zero-order valence-electron chi connectivity index (χ0n) is 10.3. The van der Waals surface area contributed by atoms with Crippen molar-refractivity contribution in [2.75, 3.05) is 20.3 Å². The minimum atomic E-state index is -1.17. The highest BCUT2D eigenvalue weighted by Crippen LogP contribution is 2.04. The topological polar surface area (TPSA) is 106 Å². The van der Waals surface area contributed by atoms with Gasteiger partial charge in [0, 0.05) is 20.3 Å². The number of nitrogens with one attached hydrogen (secondary N) is 1. The molecule has 0 spiro atoms. The molecular formula is C10H16N4O4. The van der Waals surface area contributed by atoms with E-state index in [0.717, 1.165) is 0 Å². The molecule has 0 bridgehead atoms. The Balaban J connectivity index is 2.49. The molecule has 0 aliphatic rings. The van der Waals surface area contributed by atoms with Crippen LogP contribution in [0.25, 0.3) is 0 Å². The van der Waals surface area contributed by atoms with Crippen molar-refractivity contribution in [3.05, 3.63) is 11.9 Å². The van der Waals surface area contributed by atoms with E-state index in [1.165, 1.54) is 10.9 Å². The van der Waals surface area contributed by atoms with Crippen LogP contribution in [0.15, 0.2) is 6.20 Å². The Morgan fingerprint density at radius 3 is 2.89 bits per heavy atom. The number of ether oxygens (including phenoxy) is 1. The molecule has 1 aromatic heterocycles. The molecular weight excluding hydrogens is 240 g/mol. The lowest BCUT2D eigenvalue weighted by Crippen LogP contribution is -2.32. The van der Waals surface area contributed by atoms with E-state index >= 15 is 0 Å². The first-order valence-corrected chi connectivity index (χ1v) is 5.48. The van der Waals surface area contributed by atoms with Crippen LogP contribution in [0.3, 0.4) is 0 Å². The lowest BCUT2D eigenvalue weighted by Gasteiger charge is -2.11. The van der Waals surface area contributed by atoms with Gasteiger partial charge in [0.05, 0.1) is 6.20 Å². The highest BCUT2D eigenvalue weighted by Gasteiger charge is 2.18. The number of hydrogen-bond donors (Lipinski definition) is 2. The van der Waals surface area contributed by atoms with E-state index in [2.05, 4.69) is 15.6 Å². The van der Waals surface area contributed by atoms with Crippen molar-refractivity contribution in [3.63, 3.8) is 0 Å². The molecule has 8 heteroatoms. The number of aromatic nitrogens is 3. The summed E-state index contributed by atoms with van der Waals surface area (Å²) in [5, 5.41) is 18.4. The van der Waals surface area contributed by atoms with Crippen LogP contribution < -0.4 is 5.32 Å². The number of aromatic carboxylic acids is 1. The standard InChI is InChI=1S/C10H16N4O4/c1-7(9(15)11-4-3-5-18-2)14-6-8(10(16)17)12-13-14/h6-7H,3-5H2,1-2H3,(H,11,15)(H,16,17). The van der Waals surface area contributed by atoms with Gasteiger partial charge in [-0.2, -0.15) is 0 Å². The molecule has 0 saturated carbocycles. The van der Waals surface area contributed by atoms with E-state index in [1.54, 1.807) is 14.0 Å².